The minimum atomic E-state index is 0.275. The highest BCUT2D eigenvalue weighted by atomic mass is 15.3. The predicted octanol–water partition coefficient (Wildman–Crippen LogP) is 4.48. The Kier molecular flexibility index (Phi) is 5.96. The molecule has 7 nitrogen and oxygen atoms in total. The third-order valence-corrected chi connectivity index (χ3v) is 6.25. The number of imidazole rings is 1. The Morgan fingerprint density at radius 1 is 1.03 bits per heavy atom. The van der Waals surface area contributed by atoms with Crippen LogP contribution in [0, 0.1) is 0 Å². The SMILES string of the molecule is CC(C)n1cnc2c(NCc3ccc(-c4ccccc4)cc3)nc(N3CCNC[C@@H]3C)nc21. The first-order valence-corrected chi connectivity index (χ1v) is 11.7. The van der Waals surface area contributed by atoms with Gasteiger partial charge in [0.1, 0.15) is 0 Å². The fourth-order valence-corrected chi connectivity index (χ4v) is 4.30. The second-order valence-corrected chi connectivity index (χ2v) is 8.95. The highest BCUT2D eigenvalue weighted by Crippen LogP contribution is 2.27. The molecule has 0 spiro atoms. The molecule has 3 heterocycles. The van der Waals surface area contributed by atoms with Crippen LogP contribution in [0.4, 0.5) is 11.8 Å². The number of benzene rings is 2. The van der Waals surface area contributed by atoms with E-state index in [0.29, 0.717) is 12.6 Å². The summed E-state index contributed by atoms with van der Waals surface area (Å²) < 4.78 is 2.12. The van der Waals surface area contributed by atoms with Crippen LogP contribution in [0.1, 0.15) is 32.4 Å². The summed E-state index contributed by atoms with van der Waals surface area (Å²) in [5.74, 6) is 1.55. The summed E-state index contributed by atoms with van der Waals surface area (Å²) in [5.41, 5.74) is 5.33. The van der Waals surface area contributed by atoms with Crippen molar-refractivity contribution in [3.63, 3.8) is 0 Å². The first-order chi connectivity index (χ1) is 16.1. The van der Waals surface area contributed by atoms with Crippen molar-refractivity contribution in [2.75, 3.05) is 29.9 Å². The molecule has 0 saturated carbocycles. The lowest BCUT2D eigenvalue weighted by atomic mass is 10.0. The summed E-state index contributed by atoms with van der Waals surface area (Å²) in [4.78, 5) is 16.8. The van der Waals surface area contributed by atoms with Gasteiger partial charge in [-0.05, 0) is 37.5 Å². The quantitative estimate of drug-likeness (QED) is 0.460. The Labute approximate surface area is 194 Å². The van der Waals surface area contributed by atoms with Crippen LogP contribution in [-0.2, 0) is 6.54 Å². The van der Waals surface area contributed by atoms with Gasteiger partial charge in [0.25, 0.3) is 0 Å². The Hall–Kier alpha value is -3.45. The van der Waals surface area contributed by atoms with E-state index in [-0.39, 0.29) is 6.04 Å². The van der Waals surface area contributed by atoms with Crippen molar-refractivity contribution >= 4 is 22.9 Å². The van der Waals surface area contributed by atoms with Crippen molar-refractivity contribution in [2.24, 2.45) is 0 Å². The van der Waals surface area contributed by atoms with E-state index in [4.69, 9.17) is 9.97 Å². The molecular formula is C26H31N7. The number of aromatic nitrogens is 4. The van der Waals surface area contributed by atoms with Crippen LogP contribution >= 0.6 is 0 Å². The third-order valence-electron chi connectivity index (χ3n) is 6.25. The van der Waals surface area contributed by atoms with Gasteiger partial charge in [0.05, 0.1) is 6.33 Å². The third kappa shape index (κ3) is 4.41. The van der Waals surface area contributed by atoms with Crippen molar-refractivity contribution < 1.29 is 0 Å². The minimum absolute atomic E-state index is 0.275. The molecular weight excluding hydrogens is 410 g/mol. The van der Waals surface area contributed by atoms with Crippen molar-refractivity contribution in [1.82, 2.24) is 24.8 Å². The van der Waals surface area contributed by atoms with Gasteiger partial charge in [-0.1, -0.05) is 54.6 Å². The predicted molar refractivity (Wildman–Crippen MR) is 135 cm³/mol. The first kappa shape index (κ1) is 21.4. The van der Waals surface area contributed by atoms with Gasteiger partial charge in [0, 0.05) is 38.3 Å². The van der Waals surface area contributed by atoms with Gasteiger partial charge in [0.2, 0.25) is 5.95 Å². The van der Waals surface area contributed by atoms with Crippen molar-refractivity contribution in [2.45, 2.75) is 39.4 Å². The van der Waals surface area contributed by atoms with Crippen LogP contribution in [0.3, 0.4) is 0 Å². The molecule has 1 aliphatic heterocycles. The average molecular weight is 442 g/mol. The second kappa shape index (κ2) is 9.19. The lowest BCUT2D eigenvalue weighted by Crippen LogP contribution is -2.50. The Morgan fingerprint density at radius 2 is 1.79 bits per heavy atom. The Bertz CT molecular complexity index is 1210. The maximum Gasteiger partial charge on any atom is 0.229 e. The molecule has 1 aliphatic rings. The van der Waals surface area contributed by atoms with Crippen LogP contribution in [0.5, 0.6) is 0 Å². The molecule has 1 saturated heterocycles. The molecule has 0 aliphatic carbocycles. The largest absolute Gasteiger partial charge is 0.364 e. The summed E-state index contributed by atoms with van der Waals surface area (Å²) >= 11 is 0. The molecule has 2 N–H and O–H groups in total. The molecule has 7 heteroatoms. The topological polar surface area (TPSA) is 70.9 Å². The zero-order chi connectivity index (χ0) is 22.8. The molecule has 0 bridgehead atoms. The van der Waals surface area contributed by atoms with E-state index in [1.54, 1.807) is 0 Å². The number of hydrogen-bond donors (Lipinski definition) is 2. The zero-order valence-corrected chi connectivity index (χ0v) is 19.5. The number of rotatable bonds is 6. The van der Waals surface area contributed by atoms with Gasteiger partial charge in [0.15, 0.2) is 17.0 Å². The van der Waals surface area contributed by atoms with Gasteiger partial charge < -0.3 is 20.1 Å². The fourth-order valence-electron chi connectivity index (χ4n) is 4.30. The smallest absolute Gasteiger partial charge is 0.229 e. The van der Waals surface area contributed by atoms with Crippen LogP contribution < -0.4 is 15.5 Å². The van der Waals surface area contributed by atoms with Crippen molar-refractivity contribution in [3.05, 3.63) is 66.5 Å². The molecule has 170 valence electrons. The lowest BCUT2D eigenvalue weighted by Gasteiger charge is -2.34. The summed E-state index contributed by atoms with van der Waals surface area (Å²) in [6.07, 6.45) is 1.87. The molecule has 2 aromatic carbocycles. The monoisotopic (exact) mass is 441 g/mol. The molecule has 1 fully saturated rings. The Balaban J connectivity index is 1.43. The number of piperazine rings is 1. The molecule has 5 rings (SSSR count). The molecule has 1 atom stereocenters. The second-order valence-electron chi connectivity index (χ2n) is 8.95. The van der Waals surface area contributed by atoms with Crippen LogP contribution in [0.25, 0.3) is 22.3 Å². The van der Waals surface area contributed by atoms with E-state index in [1.807, 2.05) is 12.4 Å². The van der Waals surface area contributed by atoms with Crippen LogP contribution in [-0.4, -0.2) is 45.2 Å². The maximum atomic E-state index is 4.94. The van der Waals surface area contributed by atoms with Crippen molar-refractivity contribution in [1.29, 1.82) is 0 Å². The highest BCUT2D eigenvalue weighted by molar-refractivity contribution is 5.84. The summed E-state index contributed by atoms with van der Waals surface area (Å²) in [6, 6.07) is 19.7. The molecule has 0 radical (unpaired) electrons. The first-order valence-electron chi connectivity index (χ1n) is 11.7. The fraction of sp³-hybridized carbons (Fsp3) is 0.346. The molecule has 0 unspecified atom stereocenters. The van der Waals surface area contributed by atoms with E-state index < -0.39 is 0 Å². The van der Waals surface area contributed by atoms with Gasteiger partial charge in [-0.3, -0.25) is 0 Å². The molecule has 0 amide bonds. The minimum Gasteiger partial charge on any atom is -0.364 e. The number of nitrogens with one attached hydrogen (secondary N) is 2. The van der Waals surface area contributed by atoms with Crippen LogP contribution in [0.2, 0.25) is 0 Å². The van der Waals surface area contributed by atoms with Gasteiger partial charge in [-0.25, -0.2) is 4.98 Å². The van der Waals surface area contributed by atoms with Crippen LogP contribution in [0.15, 0.2) is 60.9 Å². The maximum absolute atomic E-state index is 4.94. The number of nitrogens with zero attached hydrogens (tertiary/aromatic N) is 5. The summed E-state index contributed by atoms with van der Waals surface area (Å²) in [5, 5.41) is 6.98. The van der Waals surface area contributed by atoms with Gasteiger partial charge in [-0.15, -0.1) is 0 Å². The standard InChI is InChI=1S/C26H31N7/c1-18(2)33-17-29-23-24(30-26(31-25(23)33)32-14-13-27-15-19(32)3)28-16-20-9-11-22(12-10-20)21-7-5-4-6-8-21/h4-12,17-19,27H,13-16H2,1-3H3,(H,28,30,31)/t19-/m0/s1. The number of anilines is 2. The van der Waals surface area contributed by atoms with E-state index in [1.165, 1.54) is 16.7 Å². The van der Waals surface area contributed by atoms with Gasteiger partial charge >= 0.3 is 0 Å². The van der Waals surface area contributed by atoms with Crippen molar-refractivity contribution in [3.8, 4) is 11.1 Å². The van der Waals surface area contributed by atoms with E-state index >= 15 is 0 Å². The summed E-state index contributed by atoms with van der Waals surface area (Å²) in [6.45, 7) is 9.94. The average Bonchev–Trinajstić information content (AvgIpc) is 3.28. The molecule has 2 aromatic heterocycles. The molecule has 4 aromatic rings. The van der Waals surface area contributed by atoms with E-state index in [9.17, 15) is 0 Å². The normalized spacial score (nSPS) is 16.5. The zero-order valence-electron chi connectivity index (χ0n) is 19.5. The van der Waals surface area contributed by atoms with Gasteiger partial charge in [-0.2, -0.15) is 9.97 Å². The van der Waals surface area contributed by atoms with E-state index in [0.717, 1.165) is 42.6 Å². The number of hydrogen-bond acceptors (Lipinski definition) is 6. The van der Waals surface area contributed by atoms with E-state index in [2.05, 4.69) is 94.4 Å². The summed E-state index contributed by atoms with van der Waals surface area (Å²) in [7, 11) is 0. The highest BCUT2D eigenvalue weighted by Gasteiger charge is 2.23. The lowest BCUT2D eigenvalue weighted by molar-refractivity contribution is 0.493. The number of fused-ring (bicyclic) bond motifs is 1. The Morgan fingerprint density at radius 3 is 2.52 bits per heavy atom. The molecule has 33 heavy (non-hydrogen) atoms.